The molecule has 2 aromatic rings. The van der Waals surface area contributed by atoms with Crippen LogP contribution in [0.3, 0.4) is 0 Å². The number of nitrogens with zero attached hydrogens (tertiary/aromatic N) is 2. The number of esters is 1. The Morgan fingerprint density at radius 3 is 2.75 bits per heavy atom. The Morgan fingerprint density at radius 2 is 2.12 bits per heavy atom. The second kappa shape index (κ2) is 8.48. The molecule has 0 unspecified atom stereocenters. The fourth-order valence-electron chi connectivity index (χ4n) is 2.12. The van der Waals surface area contributed by atoms with Crippen LogP contribution in [0.4, 0.5) is 0 Å². The number of hydrogen-bond acceptors (Lipinski definition) is 5. The van der Waals surface area contributed by atoms with Gasteiger partial charge in [0.1, 0.15) is 0 Å². The van der Waals surface area contributed by atoms with E-state index in [1.807, 2.05) is 36.8 Å². The lowest BCUT2D eigenvalue weighted by molar-refractivity contribution is -0.120. The molecule has 0 aliphatic rings. The van der Waals surface area contributed by atoms with Crippen molar-refractivity contribution < 1.29 is 14.3 Å². The summed E-state index contributed by atoms with van der Waals surface area (Å²) in [5.41, 5.74) is 1.50. The van der Waals surface area contributed by atoms with E-state index >= 15 is 0 Å². The van der Waals surface area contributed by atoms with Crippen LogP contribution in [0.5, 0.6) is 0 Å². The first-order valence-electron chi connectivity index (χ1n) is 7.86. The minimum Gasteiger partial charge on any atom is -0.462 e. The Balaban J connectivity index is 2.55. The van der Waals surface area contributed by atoms with E-state index < -0.39 is 0 Å². The predicted molar refractivity (Wildman–Crippen MR) is 99.6 cm³/mol. The molecule has 0 radical (unpaired) electrons. The minimum atomic E-state index is -0.333. The summed E-state index contributed by atoms with van der Waals surface area (Å²) in [5.74, 6) is 0.318. The number of ether oxygens (including phenoxy) is 1. The number of hydrogen-bond donors (Lipinski definition) is 0. The molecule has 0 N–H and O–H groups in total. The van der Waals surface area contributed by atoms with E-state index in [-0.39, 0.29) is 17.8 Å². The molecular formula is C17H22N2O3S2. The molecule has 0 spiro atoms. The summed E-state index contributed by atoms with van der Waals surface area (Å²) in [6, 6.07) is 5.47. The molecule has 130 valence electrons. The van der Waals surface area contributed by atoms with Gasteiger partial charge in [-0.05, 0) is 31.4 Å². The van der Waals surface area contributed by atoms with Gasteiger partial charge in [-0.1, -0.05) is 25.2 Å². The average Bonchev–Trinajstić information content (AvgIpc) is 2.89. The normalized spacial score (nSPS) is 12.1. The largest absolute Gasteiger partial charge is 0.462 e. The standard InChI is InChI=1S/C17H22N2O3S2/c1-5-22-16(21)12-6-7-13-14(10-12)24-17(18-15(20)11(2)3)19(13)8-9-23-4/h6-7,10-11H,5,8-9H2,1-4H3. The third-order valence-corrected chi connectivity index (χ3v) is 5.04. The number of thiazole rings is 1. The van der Waals surface area contributed by atoms with Crippen LogP contribution in [0.25, 0.3) is 10.2 Å². The van der Waals surface area contributed by atoms with Crippen LogP contribution in [0.2, 0.25) is 0 Å². The molecule has 0 fully saturated rings. The SMILES string of the molecule is CCOC(=O)c1ccc2c(c1)sc(=NC(=O)C(C)C)n2CCSC. The third-order valence-electron chi connectivity index (χ3n) is 3.41. The van der Waals surface area contributed by atoms with E-state index in [0.717, 1.165) is 22.5 Å². The van der Waals surface area contributed by atoms with E-state index in [1.54, 1.807) is 24.8 Å². The molecule has 1 aromatic carbocycles. The molecule has 0 saturated carbocycles. The highest BCUT2D eigenvalue weighted by atomic mass is 32.2. The zero-order valence-corrected chi connectivity index (χ0v) is 16.0. The Bertz CT molecular complexity index is 806. The first kappa shape index (κ1) is 18.7. The van der Waals surface area contributed by atoms with Crippen molar-refractivity contribution in [1.29, 1.82) is 0 Å². The van der Waals surface area contributed by atoms with Crippen molar-refractivity contribution in [3.05, 3.63) is 28.6 Å². The Morgan fingerprint density at radius 1 is 1.38 bits per heavy atom. The van der Waals surface area contributed by atoms with E-state index in [9.17, 15) is 9.59 Å². The molecule has 7 heteroatoms. The average molecular weight is 367 g/mol. The molecule has 5 nitrogen and oxygen atoms in total. The molecular weight excluding hydrogens is 344 g/mol. The van der Waals surface area contributed by atoms with Crippen LogP contribution >= 0.6 is 23.1 Å². The number of aryl methyl sites for hydroxylation is 1. The van der Waals surface area contributed by atoms with Crippen LogP contribution in [-0.2, 0) is 16.1 Å². The topological polar surface area (TPSA) is 60.7 Å². The smallest absolute Gasteiger partial charge is 0.338 e. The van der Waals surface area contributed by atoms with Gasteiger partial charge in [0, 0.05) is 18.2 Å². The highest BCUT2D eigenvalue weighted by Gasteiger charge is 2.13. The third kappa shape index (κ3) is 4.27. The summed E-state index contributed by atoms with van der Waals surface area (Å²) >= 11 is 3.17. The summed E-state index contributed by atoms with van der Waals surface area (Å²) in [5, 5.41) is 0. The Hall–Kier alpha value is -1.60. The summed E-state index contributed by atoms with van der Waals surface area (Å²) in [6.45, 7) is 6.57. The molecule has 0 aliphatic heterocycles. The van der Waals surface area contributed by atoms with Crippen molar-refractivity contribution in [2.45, 2.75) is 27.3 Å². The van der Waals surface area contributed by atoms with E-state index in [4.69, 9.17) is 4.74 Å². The lowest BCUT2D eigenvalue weighted by Gasteiger charge is -2.05. The molecule has 24 heavy (non-hydrogen) atoms. The lowest BCUT2D eigenvalue weighted by atomic mass is 10.2. The molecule has 1 heterocycles. The number of benzene rings is 1. The summed E-state index contributed by atoms with van der Waals surface area (Å²) in [6.07, 6.45) is 2.05. The molecule has 1 aromatic heterocycles. The van der Waals surface area contributed by atoms with Gasteiger partial charge in [0.05, 0.1) is 22.4 Å². The Labute approximate surface area is 149 Å². The Kier molecular flexibility index (Phi) is 6.62. The second-order valence-electron chi connectivity index (χ2n) is 5.54. The van der Waals surface area contributed by atoms with Crippen molar-refractivity contribution in [3.63, 3.8) is 0 Å². The number of rotatable bonds is 6. The van der Waals surface area contributed by atoms with Gasteiger partial charge in [0.2, 0.25) is 0 Å². The maximum Gasteiger partial charge on any atom is 0.338 e. The van der Waals surface area contributed by atoms with Crippen LogP contribution in [-0.4, -0.2) is 35.1 Å². The van der Waals surface area contributed by atoms with Gasteiger partial charge < -0.3 is 9.30 Å². The van der Waals surface area contributed by atoms with Crippen molar-refractivity contribution in [2.75, 3.05) is 18.6 Å². The van der Waals surface area contributed by atoms with Crippen LogP contribution in [0.15, 0.2) is 23.2 Å². The fourth-order valence-corrected chi connectivity index (χ4v) is 3.59. The summed E-state index contributed by atoms with van der Waals surface area (Å²) < 4.78 is 8.03. The van der Waals surface area contributed by atoms with E-state index in [0.29, 0.717) is 17.0 Å². The van der Waals surface area contributed by atoms with Gasteiger partial charge in [-0.25, -0.2) is 4.79 Å². The van der Waals surface area contributed by atoms with E-state index in [1.165, 1.54) is 11.3 Å². The van der Waals surface area contributed by atoms with Gasteiger partial charge in [-0.3, -0.25) is 4.79 Å². The number of carbonyl (C=O) groups excluding carboxylic acids is 2. The van der Waals surface area contributed by atoms with Crippen LogP contribution in [0.1, 0.15) is 31.1 Å². The van der Waals surface area contributed by atoms with Crippen molar-refractivity contribution >= 4 is 45.2 Å². The van der Waals surface area contributed by atoms with Crippen molar-refractivity contribution in [3.8, 4) is 0 Å². The van der Waals surface area contributed by atoms with Gasteiger partial charge in [0.25, 0.3) is 5.91 Å². The predicted octanol–water partition coefficient (Wildman–Crippen LogP) is 3.33. The first-order chi connectivity index (χ1) is 11.5. The number of aromatic nitrogens is 1. The molecule has 0 bridgehead atoms. The minimum absolute atomic E-state index is 0.134. The number of fused-ring (bicyclic) bond motifs is 1. The maximum atomic E-state index is 12.0. The fraction of sp³-hybridized carbons (Fsp3) is 0.471. The van der Waals surface area contributed by atoms with Gasteiger partial charge in [-0.2, -0.15) is 16.8 Å². The number of amides is 1. The zero-order valence-electron chi connectivity index (χ0n) is 14.4. The summed E-state index contributed by atoms with van der Waals surface area (Å²) in [4.78, 5) is 28.9. The van der Waals surface area contributed by atoms with Crippen molar-refractivity contribution in [2.24, 2.45) is 10.9 Å². The zero-order chi connectivity index (χ0) is 17.7. The maximum absolute atomic E-state index is 12.0. The highest BCUT2D eigenvalue weighted by molar-refractivity contribution is 7.98. The molecule has 0 saturated heterocycles. The highest BCUT2D eigenvalue weighted by Crippen LogP contribution is 2.20. The van der Waals surface area contributed by atoms with Gasteiger partial charge in [0.15, 0.2) is 4.80 Å². The molecule has 0 atom stereocenters. The molecule has 0 aliphatic carbocycles. The molecule has 1 amide bonds. The quantitative estimate of drug-likeness (QED) is 0.736. The molecule has 2 rings (SSSR count). The van der Waals surface area contributed by atoms with Gasteiger partial charge >= 0.3 is 5.97 Å². The van der Waals surface area contributed by atoms with Crippen LogP contribution in [0, 0.1) is 5.92 Å². The van der Waals surface area contributed by atoms with Gasteiger partial charge in [-0.15, -0.1) is 0 Å². The number of carbonyl (C=O) groups is 2. The lowest BCUT2D eigenvalue weighted by Crippen LogP contribution is -2.19. The summed E-state index contributed by atoms with van der Waals surface area (Å²) in [7, 11) is 0. The monoisotopic (exact) mass is 366 g/mol. The van der Waals surface area contributed by atoms with E-state index in [2.05, 4.69) is 4.99 Å². The number of thioether (sulfide) groups is 1. The second-order valence-corrected chi connectivity index (χ2v) is 7.53. The van der Waals surface area contributed by atoms with Crippen LogP contribution < -0.4 is 4.80 Å². The van der Waals surface area contributed by atoms with Crippen molar-refractivity contribution in [1.82, 2.24) is 4.57 Å². The first-order valence-corrected chi connectivity index (χ1v) is 10.1.